The average molecular weight is 360 g/mol. The van der Waals surface area contributed by atoms with Gasteiger partial charge >= 0.3 is 0 Å². The predicted octanol–water partition coefficient (Wildman–Crippen LogP) is 2.13. The van der Waals surface area contributed by atoms with Crippen LogP contribution >= 0.6 is 0 Å². The van der Waals surface area contributed by atoms with Crippen LogP contribution in [0.1, 0.15) is 12.0 Å². The molecule has 1 aliphatic heterocycles. The van der Waals surface area contributed by atoms with Gasteiger partial charge in [0, 0.05) is 13.1 Å². The molecule has 0 unspecified atom stereocenters. The first-order valence-corrected chi connectivity index (χ1v) is 9.70. The Bertz CT molecular complexity index is 837. The van der Waals surface area contributed by atoms with Gasteiger partial charge in [-0.2, -0.15) is 4.31 Å². The van der Waals surface area contributed by atoms with Gasteiger partial charge in [-0.15, -0.1) is 0 Å². The highest BCUT2D eigenvalue weighted by Gasteiger charge is 2.29. The van der Waals surface area contributed by atoms with E-state index in [-0.39, 0.29) is 18.2 Å². The van der Waals surface area contributed by atoms with Crippen molar-refractivity contribution in [3.05, 3.63) is 60.2 Å². The number of sulfonamides is 1. The number of benzene rings is 2. The Balaban J connectivity index is 1.54. The maximum atomic E-state index is 12.0. The summed E-state index contributed by atoms with van der Waals surface area (Å²) in [6.07, 6.45) is 0.578. The number of hydrogen-bond acceptors (Lipinski definition) is 4. The van der Waals surface area contributed by atoms with Gasteiger partial charge in [0.2, 0.25) is 15.9 Å². The summed E-state index contributed by atoms with van der Waals surface area (Å²) in [5.74, 6) is 1.24. The van der Waals surface area contributed by atoms with E-state index in [9.17, 15) is 13.2 Å². The van der Waals surface area contributed by atoms with Gasteiger partial charge in [-0.3, -0.25) is 4.79 Å². The highest BCUT2D eigenvalue weighted by molar-refractivity contribution is 7.89. The van der Waals surface area contributed by atoms with Crippen molar-refractivity contribution in [1.82, 2.24) is 9.62 Å². The summed E-state index contributed by atoms with van der Waals surface area (Å²) in [5, 5.41) is 2.75. The summed E-state index contributed by atoms with van der Waals surface area (Å²) in [4.78, 5) is 12.0. The molecular weight excluding hydrogens is 340 g/mol. The van der Waals surface area contributed by atoms with Crippen LogP contribution in [0.3, 0.4) is 0 Å². The normalized spacial score (nSPS) is 16.5. The highest BCUT2D eigenvalue weighted by Crippen LogP contribution is 2.21. The van der Waals surface area contributed by atoms with Crippen molar-refractivity contribution < 1.29 is 17.9 Å². The van der Waals surface area contributed by atoms with Crippen molar-refractivity contribution in [2.24, 2.45) is 0 Å². The van der Waals surface area contributed by atoms with Gasteiger partial charge in [-0.25, -0.2) is 8.42 Å². The minimum absolute atomic E-state index is 0.122. The van der Waals surface area contributed by atoms with E-state index < -0.39 is 10.0 Å². The molecule has 6 nitrogen and oxygen atoms in total. The number of carbonyl (C=O) groups is 1. The van der Waals surface area contributed by atoms with Crippen LogP contribution in [0.5, 0.6) is 11.5 Å². The van der Waals surface area contributed by atoms with E-state index >= 15 is 0 Å². The number of carbonyl (C=O) groups excluding carboxylic acids is 1. The van der Waals surface area contributed by atoms with E-state index in [0.29, 0.717) is 25.3 Å². The molecule has 1 aliphatic rings. The van der Waals surface area contributed by atoms with Crippen molar-refractivity contribution in [1.29, 1.82) is 0 Å². The van der Waals surface area contributed by atoms with E-state index in [0.717, 1.165) is 11.3 Å². The van der Waals surface area contributed by atoms with Crippen LogP contribution in [-0.2, 0) is 21.4 Å². The maximum Gasteiger partial charge on any atom is 0.235 e. The SMILES string of the molecule is O=C(CN1CCCS1(=O)=O)NCc1cccc(Oc2ccccc2)c1. The molecule has 2 aromatic carbocycles. The number of para-hydroxylation sites is 1. The van der Waals surface area contributed by atoms with Crippen LogP contribution in [0.15, 0.2) is 54.6 Å². The van der Waals surface area contributed by atoms with Gasteiger partial charge in [-0.1, -0.05) is 30.3 Å². The smallest absolute Gasteiger partial charge is 0.235 e. The lowest BCUT2D eigenvalue weighted by Crippen LogP contribution is -2.37. The zero-order chi connectivity index (χ0) is 17.7. The van der Waals surface area contributed by atoms with Crippen LogP contribution in [0, 0.1) is 0 Å². The fourth-order valence-electron chi connectivity index (χ4n) is 2.63. The molecule has 1 heterocycles. The van der Waals surface area contributed by atoms with Crippen LogP contribution in [0.4, 0.5) is 0 Å². The van der Waals surface area contributed by atoms with E-state index in [1.165, 1.54) is 4.31 Å². The second-order valence-electron chi connectivity index (χ2n) is 5.84. The quantitative estimate of drug-likeness (QED) is 0.856. The second kappa shape index (κ2) is 7.67. The molecule has 0 radical (unpaired) electrons. The predicted molar refractivity (Wildman–Crippen MR) is 94.8 cm³/mol. The summed E-state index contributed by atoms with van der Waals surface area (Å²) < 4.78 is 30.4. The highest BCUT2D eigenvalue weighted by atomic mass is 32.2. The van der Waals surface area contributed by atoms with Gasteiger partial charge in [0.05, 0.1) is 12.3 Å². The minimum atomic E-state index is -3.25. The van der Waals surface area contributed by atoms with Crippen LogP contribution in [0.25, 0.3) is 0 Å². The third-order valence-electron chi connectivity index (χ3n) is 3.89. The molecule has 0 aromatic heterocycles. The standard InChI is InChI=1S/C18H20N2O4S/c21-18(14-20-10-5-11-25(20,22)23)19-13-15-6-4-9-17(12-15)24-16-7-2-1-3-8-16/h1-4,6-9,12H,5,10-11,13-14H2,(H,19,21). The molecule has 3 rings (SSSR count). The van der Waals surface area contributed by atoms with E-state index in [4.69, 9.17) is 4.74 Å². The number of nitrogens with zero attached hydrogens (tertiary/aromatic N) is 1. The molecule has 0 saturated carbocycles. The maximum absolute atomic E-state index is 12.0. The van der Waals surface area contributed by atoms with E-state index in [2.05, 4.69) is 5.32 Å². The Hall–Kier alpha value is -2.38. The lowest BCUT2D eigenvalue weighted by Gasteiger charge is -2.14. The molecule has 0 spiro atoms. The number of nitrogens with one attached hydrogen (secondary N) is 1. The lowest BCUT2D eigenvalue weighted by atomic mass is 10.2. The molecule has 1 saturated heterocycles. The van der Waals surface area contributed by atoms with Gasteiger partial charge in [0.15, 0.2) is 0 Å². The van der Waals surface area contributed by atoms with Crippen molar-refractivity contribution in [2.45, 2.75) is 13.0 Å². The summed E-state index contributed by atoms with van der Waals surface area (Å²) in [5.41, 5.74) is 0.881. The molecule has 7 heteroatoms. The molecule has 1 N–H and O–H groups in total. The molecule has 0 atom stereocenters. The Kier molecular flexibility index (Phi) is 5.35. The molecule has 132 valence electrons. The summed E-state index contributed by atoms with van der Waals surface area (Å²) in [6, 6.07) is 16.9. The Morgan fingerprint density at radius 2 is 1.84 bits per heavy atom. The molecular formula is C18H20N2O4S. The molecule has 2 aromatic rings. The summed E-state index contributed by atoms with van der Waals surface area (Å²) in [6.45, 7) is 0.609. The molecule has 0 bridgehead atoms. The zero-order valence-electron chi connectivity index (χ0n) is 13.7. The first-order valence-electron chi connectivity index (χ1n) is 8.09. The van der Waals surface area contributed by atoms with Crippen LogP contribution in [0.2, 0.25) is 0 Å². The molecule has 0 aliphatic carbocycles. The monoisotopic (exact) mass is 360 g/mol. The van der Waals surface area contributed by atoms with Gasteiger partial charge < -0.3 is 10.1 Å². The van der Waals surface area contributed by atoms with E-state index in [1.807, 2.05) is 54.6 Å². The average Bonchev–Trinajstić information content (AvgIpc) is 2.93. The number of amides is 1. The summed E-state index contributed by atoms with van der Waals surface area (Å²) >= 11 is 0. The second-order valence-corrected chi connectivity index (χ2v) is 7.93. The Morgan fingerprint density at radius 3 is 2.56 bits per heavy atom. The number of rotatable bonds is 6. The van der Waals surface area contributed by atoms with Crippen LogP contribution in [-0.4, -0.2) is 37.5 Å². The number of ether oxygens (including phenoxy) is 1. The van der Waals surface area contributed by atoms with Crippen LogP contribution < -0.4 is 10.1 Å². The Morgan fingerprint density at radius 1 is 1.08 bits per heavy atom. The third kappa shape index (κ3) is 4.80. The largest absolute Gasteiger partial charge is 0.457 e. The van der Waals surface area contributed by atoms with Gasteiger partial charge in [0.1, 0.15) is 11.5 Å². The topological polar surface area (TPSA) is 75.7 Å². The first kappa shape index (κ1) is 17.4. The van der Waals surface area contributed by atoms with Crippen molar-refractivity contribution in [2.75, 3.05) is 18.8 Å². The third-order valence-corrected chi connectivity index (χ3v) is 5.79. The lowest BCUT2D eigenvalue weighted by molar-refractivity contribution is -0.121. The molecule has 1 amide bonds. The van der Waals surface area contributed by atoms with Gasteiger partial charge in [0.25, 0.3) is 0 Å². The Labute approximate surface area is 147 Å². The van der Waals surface area contributed by atoms with Crippen molar-refractivity contribution in [3.63, 3.8) is 0 Å². The van der Waals surface area contributed by atoms with Crippen molar-refractivity contribution in [3.8, 4) is 11.5 Å². The molecule has 25 heavy (non-hydrogen) atoms. The number of hydrogen-bond donors (Lipinski definition) is 1. The first-order chi connectivity index (χ1) is 12.0. The molecule has 1 fully saturated rings. The van der Waals surface area contributed by atoms with E-state index in [1.54, 1.807) is 0 Å². The fraction of sp³-hybridized carbons (Fsp3) is 0.278. The minimum Gasteiger partial charge on any atom is -0.457 e. The van der Waals surface area contributed by atoms with Crippen molar-refractivity contribution >= 4 is 15.9 Å². The fourth-order valence-corrected chi connectivity index (χ4v) is 4.10. The van der Waals surface area contributed by atoms with Gasteiger partial charge in [-0.05, 0) is 36.2 Å². The summed E-state index contributed by atoms with van der Waals surface area (Å²) in [7, 11) is -3.25. The zero-order valence-corrected chi connectivity index (χ0v) is 14.5.